The van der Waals surface area contributed by atoms with Crippen LogP contribution in [0.1, 0.15) is 27.6 Å². The third-order valence-electron chi connectivity index (χ3n) is 5.80. The molecule has 180 valence electrons. The first-order valence-corrected chi connectivity index (χ1v) is 13.5. The van der Waals surface area contributed by atoms with E-state index in [2.05, 4.69) is 34.9 Å². The predicted octanol–water partition coefficient (Wildman–Crippen LogP) is 3.70. The lowest BCUT2D eigenvalue weighted by atomic mass is 10.0. The minimum Gasteiger partial charge on any atom is -0.379 e. The number of sulfonamides is 1. The maximum absolute atomic E-state index is 13.0. The Bertz CT molecular complexity index is 1220. The molecule has 2 aromatic carbocycles. The van der Waals surface area contributed by atoms with Gasteiger partial charge in [-0.2, -0.15) is 4.31 Å². The molecule has 1 fully saturated rings. The summed E-state index contributed by atoms with van der Waals surface area (Å²) < 4.78 is 32.7. The molecule has 1 saturated heterocycles. The highest BCUT2D eigenvalue weighted by Crippen LogP contribution is 2.27. The molecule has 1 amide bonds. The van der Waals surface area contributed by atoms with Gasteiger partial charge in [0.1, 0.15) is 0 Å². The molecule has 1 aliphatic rings. The molecule has 9 heteroatoms. The molecule has 4 rings (SSSR count). The van der Waals surface area contributed by atoms with Crippen LogP contribution in [0.15, 0.2) is 64.9 Å². The van der Waals surface area contributed by atoms with Gasteiger partial charge in [-0.1, -0.05) is 42.0 Å². The first-order chi connectivity index (χ1) is 16.3. The summed E-state index contributed by atoms with van der Waals surface area (Å²) in [5.74, 6) is -0.238. The molecule has 0 aliphatic carbocycles. The van der Waals surface area contributed by atoms with E-state index in [1.54, 1.807) is 23.5 Å². The van der Waals surface area contributed by atoms with Crippen molar-refractivity contribution < 1.29 is 17.9 Å². The van der Waals surface area contributed by atoms with E-state index in [-0.39, 0.29) is 23.4 Å². The van der Waals surface area contributed by atoms with Gasteiger partial charge in [0, 0.05) is 23.7 Å². The van der Waals surface area contributed by atoms with Crippen LogP contribution in [0.5, 0.6) is 0 Å². The van der Waals surface area contributed by atoms with Crippen LogP contribution in [0, 0.1) is 13.8 Å². The number of nitrogens with zero attached hydrogens (tertiary/aromatic N) is 1. The van der Waals surface area contributed by atoms with Crippen molar-refractivity contribution in [1.29, 1.82) is 0 Å². The quantitative estimate of drug-likeness (QED) is 0.494. The smallest absolute Gasteiger partial charge is 0.243 e. The Balaban J connectivity index is 1.47. The minimum atomic E-state index is -3.64. The number of rotatable bonds is 8. The lowest BCUT2D eigenvalue weighted by molar-refractivity contribution is -0.115. The van der Waals surface area contributed by atoms with Crippen LogP contribution in [0.4, 0.5) is 5.69 Å². The summed E-state index contributed by atoms with van der Waals surface area (Å²) in [5.41, 5.74) is 3.54. The number of aryl methyl sites for hydroxylation is 2. The summed E-state index contributed by atoms with van der Waals surface area (Å²) in [6.07, 6.45) is 0. The van der Waals surface area contributed by atoms with Gasteiger partial charge < -0.3 is 10.1 Å². The highest BCUT2D eigenvalue weighted by atomic mass is 32.2. The summed E-state index contributed by atoms with van der Waals surface area (Å²) in [7, 11) is -3.64. The van der Waals surface area contributed by atoms with Crippen molar-refractivity contribution in [3.63, 3.8) is 0 Å². The molecule has 3 aromatic rings. The maximum atomic E-state index is 13.0. The van der Waals surface area contributed by atoms with Gasteiger partial charge in [-0.05, 0) is 48.6 Å². The second-order valence-corrected chi connectivity index (χ2v) is 11.2. The van der Waals surface area contributed by atoms with E-state index in [9.17, 15) is 13.2 Å². The summed E-state index contributed by atoms with van der Waals surface area (Å²) in [6, 6.07) is 17.0. The monoisotopic (exact) mass is 499 g/mol. The van der Waals surface area contributed by atoms with Crippen molar-refractivity contribution in [2.75, 3.05) is 38.2 Å². The van der Waals surface area contributed by atoms with Crippen LogP contribution in [-0.4, -0.2) is 51.5 Å². The van der Waals surface area contributed by atoms with Crippen LogP contribution in [0.2, 0.25) is 0 Å². The predicted molar refractivity (Wildman–Crippen MR) is 135 cm³/mol. The zero-order valence-electron chi connectivity index (χ0n) is 19.3. The fraction of sp³-hybridized carbons (Fsp3) is 0.320. The zero-order valence-corrected chi connectivity index (χ0v) is 20.9. The topological polar surface area (TPSA) is 87.7 Å². The normalized spacial score (nSPS) is 15.7. The molecule has 1 aliphatic heterocycles. The number of hydrogen-bond acceptors (Lipinski definition) is 6. The van der Waals surface area contributed by atoms with E-state index in [1.165, 1.54) is 15.9 Å². The van der Waals surface area contributed by atoms with E-state index in [0.717, 1.165) is 16.0 Å². The van der Waals surface area contributed by atoms with Crippen LogP contribution in [-0.2, 0) is 19.6 Å². The Kier molecular flexibility index (Phi) is 7.80. The average molecular weight is 500 g/mol. The molecule has 2 heterocycles. The number of ether oxygens (including phenoxy) is 1. The Morgan fingerprint density at radius 1 is 1.09 bits per heavy atom. The van der Waals surface area contributed by atoms with Gasteiger partial charge in [0.25, 0.3) is 0 Å². The Morgan fingerprint density at radius 2 is 1.82 bits per heavy atom. The zero-order chi connectivity index (χ0) is 24.1. The minimum absolute atomic E-state index is 0.0797. The highest BCUT2D eigenvalue weighted by molar-refractivity contribution is 7.89. The van der Waals surface area contributed by atoms with Gasteiger partial charge in [-0.3, -0.25) is 10.1 Å². The number of thiophene rings is 1. The van der Waals surface area contributed by atoms with Crippen LogP contribution in [0.25, 0.3) is 0 Å². The third-order valence-corrected chi connectivity index (χ3v) is 8.63. The number of carbonyl (C=O) groups is 1. The van der Waals surface area contributed by atoms with Crippen molar-refractivity contribution >= 4 is 33.0 Å². The maximum Gasteiger partial charge on any atom is 0.243 e. The first kappa shape index (κ1) is 24.6. The Labute approximate surface area is 204 Å². The van der Waals surface area contributed by atoms with Gasteiger partial charge in [0.05, 0.1) is 30.7 Å². The molecular weight excluding hydrogens is 470 g/mol. The summed E-state index contributed by atoms with van der Waals surface area (Å²) in [6.45, 7) is 5.38. The molecule has 7 nitrogen and oxygen atoms in total. The molecule has 1 unspecified atom stereocenters. The van der Waals surface area contributed by atoms with Crippen LogP contribution in [0.3, 0.4) is 0 Å². The molecule has 0 spiro atoms. The van der Waals surface area contributed by atoms with E-state index in [0.29, 0.717) is 32.0 Å². The SMILES string of the molecule is Cc1ccc(C(NCC(=O)Nc2cc(S(=O)(=O)N3CCOCC3)ccc2C)c2cccs2)cc1. The van der Waals surface area contributed by atoms with Gasteiger partial charge >= 0.3 is 0 Å². The number of amides is 1. The van der Waals surface area contributed by atoms with Crippen LogP contribution >= 0.6 is 11.3 Å². The summed E-state index contributed by atoms with van der Waals surface area (Å²) >= 11 is 1.63. The van der Waals surface area contributed by atoms with E-state index in [1.807, 2.05) is 31.4 Å². The number of nitrogens with one attached hydrogen (secondary N) is 2. The number of morpholine rings is 1. The fourth-order valence-electron chi connectivity index (χ4n) is 3.82. The molecular formula is C25H29N3O4S2. The Morgan fingerprint density at radius 3 is 2.50 bits per heavy atom. The average Bonchev–Trinajstić information content (AvgIpc) is 3.37. The van der Waals surface area contributed by atoms with E-state index < -0.39 is 10.0 Å². The second kappa shape index (κ2) is 10.8. The molecule has 34 heavy (non-hydrogen) atoms. The fourth-order valence-corrected chi connectivity index (χ4v) is 6.08. The molecule has 0 radical (unpaired) electrons. The molecule has 2 N–H and O–H groups in total. The molecule has 0 bridgehead atoms. The van der Waals surface area contributed by atoms with Crippen molar-refractivity contribution in [2.45, 2.75) is 24.8 Å². The molecule has 0 saturated carbocycles. The lowest BCUT2D eigenvalue weighted by Crippen LogP contribution is -2.40. The highest BCUT2D eigenvalue weighted by Gasteiger charge is 2.27. The standard InChI is InChI=1S/C25H29N3O4S2/c1-18-5-8-20(9-6-18)25(23-4-3-15-33-23)26-17-24(29)27-22-16-21(10-7-19(22)2)34(30,31)28-11-13-32-14-12-28/h3-10,15-16,25-26H,11-14,17H2,1-2H3,(H,27,29). The number of carbonyl (C=O) groups excluding carboxylic acids is 1. The van der Waals surface area contributed by atoms with Gasteiger partial charge in [0.15, 0.2) is 0 Å². The van der Waals surface area contributed by atoms with Gasteiger partial charge in [-0.15, -0.1) is 11.3 Å². The largest absolute Gasteiger partial charge is 0.379 e. The van der Waals surface area contributed by atoms with Crippen molar-refractivity contribution in [2.24, 2.45) is 0 Å². The van der Waals surface area contributed by atoms with Crippen molar-refractivity contribution in [1.82, 2.24) is 9.62 Å². The second-order valence-electron chi connectivity index (χ2n) is 8.28. The van der Waals surface area contributed by atoms with Crippen molar-refractivity contribution in [3.05, 3.63) is 81.5 Å². The first-order valence-electron chi connectivity index (χ1n) is 11.2. The molecule has 1 aromatic heterocycles. The number of hydrogen-bond donors (Lipinski definition) is 2. The lowest BCUT2D eigenvalue weighted by Gasteiger charge is -2.26. The van der Waals surface area contributed by atoms with Crippen molar-refractivity contribution in [3.8, 4) is 0 Å². The Hall–Kier alpha value is -2.56. The van der Waals surface area contributed by atoms with E-state index >= 15 is 0 Å². The van der Waals surface area contributed by atoms with Gasteiger partial charge in [0.2, 0.25) is 15.9 Å². The summed E-state index contributed by atoms with van der Waals surface area (Å²) in [5, 5.41) is 8.25. The number of anilines is 1. The number of benzene rings is 2. The third kappa shape index (κ3) is 5.73. The summed E-state index contributed by atoms with van der Waals surface area (Å²) in [4.78, 5) is 14.1. The molecule has 1 atom stereocenters. The van der Waals surface area contributed by atoms with Crippen LogP contribution < -0.4 is 10.6 Å². The van der Waals surface area contributed by atoms with E-state index in [4.69, 9.17) is 4.74 Å². The van der Waals surface area contributed by atoms with Gasteiger partial charge in [-0.25, -0.2) is 8.42 Å².